The molecule has 1 aliphatic heterocycles. The molecule has 1 atom stereocenters. The number of ether oxygens (including phenoxy) is 1. The summed E-state index contributed by atoms with van der Waals surface area (Å²) in [7, 11) is -3.72. The van der Waals surface area contributed by atoms with Crippen LogP contribution in [0.25, 0.3) is 0 Å². The number of sulfonamides is 1. The van der Waals surface area contributed by atoms with Crippen molar-refractivity contribution in [3.8, 4) is 5.75 Å². The highest BCUT2D eigenvalue weighted by atomic mass is 32.2. The second-order valence-electron chi connectivity index (χ2n) is 4.81. The summed E-state index contributed by atoms with van der Waals surface area (Å²) in [5.41, 5.74) is 0.337. The summed E-state index contributed by atoms with van der Waals surface area (Å²) in [4.78, 5) is 11.6. The molecule has 0 saturated heterocycles. The first-order chi connectivity index (χ1) is 10.5. The molecule has 1 aliphatic rings. The van der Waals surface area contributed by atoms with E-state index in [9.17, 15) is 13.2 Å². The number of rotatable bonds is 4. The second kappa shape index (κ2) is 5.47. The predicted molar refractivity (Wildman–Crippen MR) is 77.9 cm³/mol. The van der Waals surface area contributed by atoms with Gasteiger partial charge in [-0.1, -0.05) is 0 Å². The molecule has 0 unspecified atom stereocenters. The van der Waals surface area contributed by atoms with Crippen LogP contribution in [0.1, 0.15) is 12.7 Å². The summed E-state index contributed by atoms with van der Waals surface area (Å²) in [5.74, 6) is 0.634. The van der Waals surface area contributed by atoms with Gasteiger partial charge in [-0.05, 0) is 37.3 Å². The monoisotopic (exact) mass is 322 g/mol. The van der Waals surface area contributed by atoms with E-state index in [1.165, 1.54) is 24.5 Å². The first-order valence-corrected chi connectivity index (χ1v) is 8.08. The number of amides is 1. The lowest BCUT2D eigenvalue weighted by Crippen LogP contribution is -2.34. The molecule has 0 saturated carbocycles. The minimum Gasteiger partial charge on any atom is -0.479 e. The zero-order valence-electron chi connectivity index (χ0n) is 11.7. The highest BCUT2D eigenvalue weighted by molar-refractivity contribution is 7.89. The van der Waals surface area contributed by atoms with E-state index >= 15 is 0 Å². The standard InChI is InChI=1S/C14H14N2O5S/c1-9-14(17)16-12-7-11(4-5-13(12)21-9)22(18,19)15-8-10-3-2-6-20-10/h2-7,9,15H,8H2,1H3,(H,16,17)/t9-/m0/s1. The third-order valence-corrected chi connectivity index (χ3v) is 4.61. The smallest absolute Gasteiger partial charge is 0.265 e. The maximum atomic E-state index is 12.3. The minimum atomic E-state index is -3.72. The van der Waals surface area contributed by atoms with E-state index in [-0.39, 0.29) is 17.3 Å². The van der Waals surface area contributed by atoms with Gasteiger partial charge < -0.3 is 14.5 Å². The van der Waals surface area contributed by atoms with Crippen molar-refractivity contribution in [2.24, 2.45) is 0 Å². The molecule has 1 aromatic carbocycles. The Kier molecular flexibility index (Phi) is 3.63. The van der Waals surface area contributed by atoms with Crippen LogP contribution in [0.2, 0.25) is 0 Å². The molecule has 2 aromatic rings. The number of hydrogen-bond acceptors (Lipinski definition) is 5. The molecule has 22 heavy (non-hydrogen) atoms. The molecule has 7 nitrogen and oxygen atoms in total. The van der Waals surface area contributed by atoms with Crippen molar-refractivity contribution >= 4 is 21.6 Å². The van der Waals surface area contributed by atoms with Crippen LogP contribution in [0, 0.1) is 0 Å². The van der Waals surface area contributed by atoms with E-state index in [1.54, 1.807) is 19.1 Å². The number of furan rings is 1. The van der Waals surface area contributed by atoms with Crippen LogP contribution in [0.4, 0.5) is 5.69 Å². The molecule has 8 heteroatoms. The van der Waals surface area contributed by atoms with E-state index in [4.69, 9.17) is 9.15 Å². The maximum absolute atomic E-state index is 12.3. The average Bonchev–Trinajstić information content (AvgIpc) is 2.99. The van der Waals surface area contributed by atoms with Crippen molar-refractivity contribution in [3.63, 3.8) is 0 Å². The normalized spacial score (nSPS) is 17.5. The van der Waals surface area contributed by atoms with Crippen LogP contribution < -0.4 is 14.8 Å². The molecule has 116 valence electrons. The highest BCUT2D eigenvalue weighted by Crippen LogP contribution is 2.31. The maximum Gasteiger partial charge on any atom is 0.265 e. The zero-order valence-corrected chi connectivity index (χ0v) is 12.5. The van der Waals surface area contributed by atoms with E-state index < -0.39 is 16.1 Å². The molecule has 2 N–H and O–H groups in total. The van der Waals surface area contributed by atoms with Gasteiger partial charge in [0.15, 0.2) is 6.10 Å². The Morgan fingerprint density at radius 3 is 2.86 bits per heavy atom. The largest absolute Gasteiger partial charge is 0.479 e. The van der Waals surface area contributed by atoms with Gasteiger partial charge in [-0.2, -0.15) is 0 Å². The van der Waals surface area contributed by atoms with Crippen molar-refractivity contribution in [2.75, 3.05) is 5.32 Å². The summed E-state index contributed by atoms with van der Waals surface area (Å²) < 4.78 is 37.4. The van der Waals surface area contributed by atoms with Crippen LogP contribution in [-0.2, 0) is 21.4 Å². The van der Waals surface area contributed by atoms with Crippen molar-refractivity contribution in [1.29, 1.82) is 0 Å². The number of carbonyl (C=O) groups excluding carboxylic acids is 1. The first kappa shape index (κ1) is 14.6. The second-order valence-corrected chi connectivity index (χ2v) is 6.58. The Morgan fingerprint density at radius 1 is 1.32 bits per heavy atom. The van der Waals surface area contributed by atoms with Gasteiger partial charge >= 0.3 is 0 Å². The van der Waals surface area contributed by atoms with Gasteiger partial charge in [-0.15, -0.1) is 0 Å². The topological polar surface area (TPSA) is 97.6 Å². The van der Waals surface area contributed by atoms with Crippen LogP contribution in [0.5, 0.6) is 5.75 Å². The molecule has 3 rings (SSSR count). The quantitative estimate of drug-likeness (QED) is 0.888. The summed E-state index contributed by atoms with van der Waals surface area (Å²) in [5, 5.41) is 2.62. The molecular weight excluding hydrogens is 308 g/mol. The Hall–Kier alpha value is -2.32. The van der Waals surface area contributed by atoms with E-state index in [2.05, 4.69) is 10.0 Å². The fourth-order valence-electron chi connectivity index (χ4n) is 2.02. The molecule has 0 aliphatic carbocycles. The SMILES string of the molecule is C[C@@H]1Oc2ccc(S(=O)(=O)NCc3ccco3)cc2NC1=O. The summed E-state index contributed by atoms with van der Waals surface area (Å²) >= 11 is 0. The Labute approximate surface area is 127 Å². The number of hydrogen-bond donors (Lipinski definition) is 2. The third kappa shape index (κ3) is 2.83. The summed E-state index contributed by atoms with van der Waals surface area (Å²) in [6, 6.07) is 7.66. The van der Waals surface area contributed by atoms with Crippen molar-refractivity contribution in [2.45, 2.75) is 24.5 Å². The number of benzene rings is 1. The number of carbonyl (C=O) groups is 1. The molecule has 2 heterocycles. The Balaban J connectivity index is 1.82. The van der Waals surface area contributed by atoms with E-state index in [0.29, 0.717) is 17.2 Å². The van der Waals surface area contributed by atoms with Crippen molar-refractivity contribution in [3.05, 3.63) is 42.4 Å². The molecule has 0 spiro atoms. The molecular formula is C14H14N2O5S. The van der Waals surface area contributed by atoms with Crippen molar-refractivity contribution < 1.29 is 22.4 Å². The number of nitrogens with one attached hydrogen (secondary N) is 2. The third-order valence-electron chi connectivity index (χ3n) is 3.21. The van der Waals surface area contributed by atoms with E-state index in [0.717, 1.165) is 0 Å². The lowest BCUT2D eigenvalue weighted by atomic mass is 10.2. The first-order valence-electron chi connectivity index (χ1n) is 6.59. The van der Waals surface area contributed by atoms with Crippen molar-refractivity contribution in [1.82, 2.24) is 4.72 Å². The molecule has 1 amide bonds. The predicted octanol–water partition coefficient (Wildman–Crippen LogP) is 1.48. The van der Waals surface area contributed by atoms with Crippen LogP contribution in [0.3, 0.4) is 0 Å². The number of anilines is 1. The van der Waals surface area contributed by atoms with Gasteiger partial charge in [-0.25, -0.2) is 13.1 Å². The summed E-state index contributed by atoms with van der Waals surface area (Å²) in [6.07, 6.45) is 0.864. The van der Waals surface area contributed by atoms with Gasteiger partial charge in [0.2, 0.25) is 10.0 Å². The number of fused-ring (bicyclic) bond motifs is 1. The highest BCUT2D eigenvalue weighted by Gasteiger charge is 2.25. The molecule has 0 bridgehead atoms. The lowest BCUT2D eigenvalue weighted by Gasteiger charge is -2.23. The molecule has 0 fully saturated rings. The minimum absolute atomic E-state index is 0.0382. The molecule has 1 aromatic heterocycles. The van der Waals surface area contributed by atoms with E-state index in [1.807, 2.05) is 0 Å². The zero-order chi connectivity index (χ0) is 15.7. The fourth-order valence-corrected chi connectivity index (χ4v) is 3.04. The van der Waals surface area contributed by atoms with Gasteiger partial charge in [-0.3, -0.25) is 4.79 Å². The Bertz CT molecular complexity index is 799. The van der Waals surface area contributed by atoms with Crippen LogP contribution in [0.15, 0.2) is 45.9 Å². The van der Waals surface area contributed by atoms with Crippen LogP contribution >= 0.6 is 0 Å². The summed E-state index contributed by atoms with van der Waals surface area (Å²) in [6.45, 7) is 1.67. The molecule has 0 radical (unpaired) electrons. The Morgan fingerprint density at radius 2 is 2.14 bits per heavy atom. The van der Waals surface area contributed by atoms with Gasteiger partial charge in [0, 0.05) is 0 Å². The fraction of sp³-hybridized carbons (Fsp3) is 0.214. The average molecular weight is 322 g/mol. The van der Waals surface area contributed by atoms with Gasteiger partial charge in [0.05, 0.1) is 23.4 Å². The van der Waals surface area contributed by atoms with Gasteiger partial charge in [0.25, 0.3) is 5.91 Å². The van der Waals surface area contributed by atoms with Crippen LogP contribution in [-0.4, -0.2) is 20.4 Å². The lowest BCUT2D eigenvalue weighted by molar-refractivity contribution is -0.122. The van der Waals surface area contributed by atoms with Gasteiger partial charge in [0.1, 0.15) is 11.5 Å².